The molecular weight excluding hydrogens is 364 g/mol. The minimum atomic E-state index is -0.0994. The Hall–Kier alpha value is -2.69. The van der Waals surface area contributed by atoms with Gasteiger partial charge in [0, 0.05) is 28.8 Å². The molecule has 0 saturated carbocycles. The number of nitrogens with zero attached hydrogens (tertiary/aromatic N) is 3. The van der Waals surface area contributed by atoms with Gasteiger partial charge in [0.25, 0.3) is 0 Å². The van der Waals surface area contributed by atoms with Gasteiger partial charge in [0.15, 0.2) is 5.13 Å². The van der Waals surface area contributed by atoms with Gasteiger partial charge in [-0.15, -0.1) is 23.1 Å². The van der Waals surface area contributed by atoms with Gasteiger partial charge in [0.05, 0.1) is 11.3 Å². The topological polar surface area (TPSA) is 78.7 Å². The highest BCUT2D eigenvalue weighted by atomic mass is 32.2. The van der Waals surface area contributed by atoms with Crippen LogP contribution in [0.1, 0.15) is 17.7 Å². The molecule has 0 radical (unpaired) electrons. The molecule has 1 amide bonds. The van der Waals surface area contributed by atoms with Gasteiger partial charge in [-0.25, -0.2) is 9.97 Å². The molecule has 26 heavy (non-hydrogen) atoms. The summed E-state index contributed by atoms with van der Waals surface area (Å²) >= 11 is 2.82. The predicted molar refractivity (Wildman–Crippen MR) is 105 cm³/mol. The van der Waals surface area contributed by atoms with Crippen molar-refractivity contribution >= 4 is 34.1 Å². The summed E-state index contributed by atoms with van der Waals surface area (Å²) in [5.41, 5.74) is 3.26. The number of amides is 1. The zero-order chi connectivity index (χ0) is 18.4. The van der Waals surface area contributed by atoms with Crippen molar-refractivity contribution in [1.82, 2.24) is 9.97 Å². The van der Waals surface area contributed by atoms with E-state index in [1.165, 1.54) is 23.1 Å². The first-order valence-electron chi connectivity index (χ1n) is 7.97. The number of benzene rings is 1. The number of hydrogen-bond donors (Lipinski definition) is 1. The van der Waals surface area contributed by atoms with Crippen LogP contribution in [0.4, 0.5) is 5.13 Å². The lowest BCUT2D eigenvalue weighted by molar-refractivity contribution is -0.115. The van der Waals surface area contributed by atoms with Crippen LogP contribution in [0.15, 0.2) is 52.9 Å². The third kappa shape index (κ3) is 4.69. The van der Waals surface area contributed by atoms with Crippen LogP contribution in [0.3, 0.4) is 0 Å². The quantitative estimate of drug-likeness (QED) is 0.637. The molecule has 1 aromatic carbocycles. The fourth-order valence-electron chi connectivity index (χ4n) is 2.22. The Morgan fingerprint density at radius 2 is 2.04 bits per heavy atom. The van der Waals surface area contributed by atoms with Crippen molar-refractivity contribution < 1.29 is 4.79 Å². The van der Waals surface area contributed by atoms with E-state index in [0.29, 0.717) is 27.9 Å². The van der Waals surface area contributed by atoms with Crippen LogP contribution < -0.4 is 5.32 Å². The van der Waals surface area contributed by atoms with E-state index in [9.17, 15) is 4.79 Å². The molecule has 0 aliphatic carbocycles. The molecule has 7 heteroatoms. The number of pyridine rings is 1. The van der Waals surface area contributed by atoms with Gasteiger partial charge >= 0.3 is 0 Å². The standard InChI is InChI=1S/C19H16N4OS2/c1-13-7-8-15(11-20)18(21-13)25-10-9-17(24)23-19-22-16(12-26-19)14-5-3-2-4-6-14/h2-8,12H,9-10H2,1H3,(H,22,23,24). The third-order valence-corrected chi connectivity index (χ3v) is 5.26. The molecule has 5 nitrogen and oxygen atoms in total. The average molecular weight is 380 g/mol. The Morgan fingerprint density at radius 1 is 1.23 bits per heavy atom. The summed E-state index contributed by atoms with van der Waals surface area (Å²) < 4.78 is 0. The normalized spacial score (nSPS) is 10.3. The van der Waals surface area contributed by atoms with Crippen LogP contribution >= 0.6 is 23.1 Å². The summed E-state index contributed by atoms with van der Waals surface area (Å²) in [6, 6.07) is 15.5. The van der Waals surface area contributed by atoms with Crippen LogP contribution in [-0.4, -0.2) is 21.6 Å². The lowest BCUT2D eigenvalue weighted by atomic mass is 10.2. The molecule has 0 aliphatic rings. The fourth-order valence-corrected chi connectivity index (χ4v) is 3.92. The number of nitrogens with one attached hydrogen (secondary N) is 1. The van der Waals surface area contributed by atoms with Gasteiger partial charge in [-0.2, -0.15) is 5.26 Å². The van der Waals surface area contributed by atoms with Gasteiger partial charge in [0.2, 0.25) is 5.91 Å². The number of hydrogen-bond acceptors (Lipinski definition) is 6. The number of thioether (sulfide) groups is 1. The van der Waals surface area contributed by atoms with E-state index < -0.39 is 0 Å². The second-order valence-electron chi connectivity index (χ2n) is 5.47. The smallest absolute Gasteiger partial charge is 0.226 e. The molecule has 3 aromatic rings. The maximum atomic E-state index is 12.1. The predicted octanol–water partition coefficient (Wildman–Crippen LogP) is 4.51. The van der Waals surface area contributed by atoms with Crippen molar-refractivity contribution in [3.63, 3.8) is 0 Å². The minimum Gasteiger partial charge on any atom is -0.302 e. The number of rotatable bonds is 6. The zero-order valence-corrected chi connectivity index (χ0v) is 15.7. The van der Waals surface area contributed by atoms with Crippen LogP contribution in [0.25, 0.3) is 11.3 Å². The van der Waals surface area contributed by atoms with E-state index in [1.807, 2.05) is 48.7 Å². The molecule has 130 valence electrons. The highest BCUT2D eigenvalue weighted by Gasteiger charge is 2.10. The molecule has 0 atom stereocenters. The van der Waals surface area contributed by atoms with Gasteiger partial charge in [-0.3, -0.25) is 4.79 Å². The van der Waals surface area contributed by atoms with Gasteiger partial charge in [-0.05, 0) is 19.1 Å². The molecule has 0 bridgehead atoms. The molecule has 2 heterocycles. The number of carbonyl (C=O) groups excluding carboxylic acids is 1. The number of thiazole rings is 1. The zero-order valence-electron chi connectivity index (χ0n) is 14.1. The molecule has 0 unspecified atom stereocenters. The largest absolute Gasteiger partial charge is 0.302 e. The highest BCUT2D eigenvalue weighted by Crippen LogP contribution is 2.25. The molecule has 0 fully saturated rings. The molecule has 0 aliphatic heterocycles. The summed E-state index contributed by atoms with van der Waals surface area (Å²) in [7, 11) is 0. The highest BCUT2D eigenvalue weighted by molar-refractivity contribution is 7.99. The number of aryl methyl sites for hydroxylation is 1. The molecule has 3 rings (SSSR count). The minimum absolute atomic E-state index is 0.0994. The molecule has 2 aromatic heterocycles. The summed E-state index contributed by atoms with van der Waals surface area (Å²) in [5, 5.41) is 15.1. The Balaban J connectivity index is 1.53. The molecule has 0 spiro atoms. The lowest BCUT2D eigenvalue weighted by Crippen LogP contribution is -2.12. The van der Waals surface area contributed by atoms with Crippen LogP contribution in [0.2, 0.25) is 0 Å². The number of carbonyl (C=O) groups is 1. The van der Waals surface area contributed by atoms with Crippen LogP contribution in [0.5, 0.6) is 0 Å². The molecule has 0 saturated heterocycles. The monoisotopic (exact) mass is 380 g/mol. The lowest BCUT2D eigenvalue weighted by Gasteiger charge is -2.04. The number of nitriles is 1. The maximum absolute atomic E-state index is 12.1. The van der Waals surface area contributed by atoms with E-state index in [2.05, 4.69) is 21.4 Å². The summed E-state index contributed by atoms with van der Waals surface area (Å²) in [4.78, 5) is 20.9. The van der Waals surface area contributed by atoms with Gasteiger partial charge < -0.3 is 5.32 Å². The second-order valence-corrected chi connectivity index (χ2v) is 7.41. The Kier molecular flexibility index (Phi) is 6.00. The Morgan fingerprint density at radius 3 is 2.81 bits per heavy atom. The first-order chi connectivity index (χ1) is 12.7. The van der Waals surface area contributed by atoms with Crippen molar-refractivity contribution in [2.75, 3.05) is 11.1 Å². The van der Waals surface area contributed by atoms with Crippen molar-refractivity contribution in [1.29, 1.82) is 5.26 Å². The van der Waals surface area contributed by atoms with Crippen LogP contribution in [-0.2, 0) is 4.79 Å². The van der Waals surface area contributed by atoms with Gasteiger partial charge in [0.1, 0.15) is 11.1 Å². The SMILES string of the molecule is Cc1ccc(C#N)c(SCCC(=O)Nc2nc(-c3ccccc3)cs2)n1. The first-order valence-corrected chi connectivity index (χ1v) is 9.83. The van der Waals surface area contributed by atoms with E-state index in [-0.39, 0.29) is 5.91 Å². The number of aromatic nitrogens is 2. The van der Waals surface area contributed by atoms with Crippen molar-refractivity contribution in [2.24, 2.45) is 0 Å². The third-order valence-electron chi connectivity index (χ3n) is 3.51. The number of anilines is 1. The summed E-state index contributed by atoms with van der Waals surface area (Å²) in [6.45, 7) is 1.88. The van der Waals surface area contributed by atoms with Crippen molar-refractivity contribution in [3.8, 4) is 17.3 Å². The second kappa shape index (κ2) is 8.61. The molecule has 1 N–H and O–H groups in total. The van der Waals surface area contributed by atoms with Crippen molar-refractivity contribution in [2.45, 2.75) is 18.4 Å². The van der Waals surface area contributed by atoms with E-state index in [0.717, 1.165) is 17.0 Å². The molecular formula is C19H16N4OS2. The van der Waals surface area contributed by atoms with E-state index >= 15 is 0 Å². The van der Waals surface area contributed by atoms with Crippen molar-refractivity contribution in [3.05, 3.63) is 59.1 Å². The summed E-state index contributed by atoms with van der Waals surface area (Å²) in [5.74, 6) is 0.450. The first kappa shape index (κ1) is 18.1. The fraction of sp³-hybridized carbons (Fsp3) is 0.158. The Bertz CT molecular complexity index is 948. The average Bonchev–Trinajstić information content (AvgIpc) is 3.11. The van der Waals surface area contributed by atoms with E-state index in [1.54, 1.807) is 6.07 Å². The Labute approximate surface area is 160 Å². The maximum Gasteiger partial charge on any atom is 0.226 e. The van der Waals surface area contributed by atoms with Gasteiger partial charge in [-0.1, -0.05) is 30.3 Å². The summed E-state index contributed by atoms with van der Waals surface area (Å²) in [6.07, 6.45) is 0.325. The van der Waals surface area contributed by atoms with E-state index in [4.69, 9.17) is 5.26 Å². The van der Waals surface area contributed by atoms with Crippen LogP contribution in [0, 0.1) is 18.3 Å².